The molecular weight excluding hydrogens is 314 g/mol. The molecule has 0 bridgehead atoms. The van der Waals surface area contributed by atoms with E-state index in [0.717, 1.165) is 34.5 Å². The zero-order valence-electron chi connectivity index (χ0n) is 12.4. The number of benzene rings is 1. The van der Waals surface area contributed by atoms with Gasteiger partial charge in [0.25, 0.3) is 0 Å². The molecule has 0 spiro atoms. The Morgan fingerprint density at radius 3 is 2.70 bits per heavy atom. The van der Waals surface area contributed by atoms with E-state index in [1.807, 2.05) is 0 Å². The number of halogens is 1. The van der Waals surface area contributed by atoms with Crippen molar-refractivity contribution in [3.8, 4) is 5.75 Å². The molecule has 3 atom stereocenters. The lowest BCUT2D eigenvalue weighted by molar-refractivity contribution is 0.326. The quantitative estimate of drug-likeness (QED) is 0.822. The van der Waals surface area contributed by atoms with Crippen molar-refractivity contribution in [2.45, 2.75) is 38.6 Å². The molecule has 20 heavy (non-hydrogen) atoms. The van der Waals surface area contributed by atoms with Crippen molar-refractivity contribution in [3.63, 3.8) is 0 Å². The van der Waals surface area contributed by atoms with Crippen LogP contribution < -0.4 is 10.1 Å². The molecule has 0 saturated heterocycles. The van der Waals surface area contributed by atoms with Crippen LogP contribution in [0, 0.1) is 17.8 Å². The van der Waals surface area contributed by atoms with Crippen molar-refractivity contribution in [1.29, 1.82) is 0 Å². The Kier molecular flexibility index (Phi) is 4.37. The summed E-state index contributed by atoms with van der Waals surface area (Å²) in [7, 11) is 1.77. The van der Waals surface area contributed by atoms with Crippen molar-refractivity contribution in [2.24, 2.45) is 17.8 Å². The van der Waals surface area contributed by atoms with Crippen LogP contribution in [-0.2, 0) is 0 Å². The van der Waals surface area contributed by atoms with Gasteiger partial charge in [-0.05, 0) is 68.2 Å². The van der Waals surface area contributed by atoms with Crippen LogP contribution in [0.5, 0.6) is 5.75 Å². The topological polar surface area (TPSA) is 21.3 Å². The average molecular weight is 338 g/mol. The van der Waals surface area contributed by atoms with Crippen LogP contribution in [0.1, 0.15) is 44.2 Å². The molecule has 1 N–H and O–H groups in total. The predicted octanol–water partition coefficient (Wildman–Crippen LogP) is 4.54. The summed E-state index contributed by atoms with van der Waals surface area (Å²) in [4.78, 5) is 0. The maximum Gasteiger partial charge on any atom is 0.123 e. The normalized spacial score (nSPS) is 29.1. The highest BCUT2D eigenvalue weighted by atomic mass is 79.9. The Labute approximate surface area is 130 Å². The van der Waals surface area contributed by atoms with Gasteiger partial charge in [-0.3, -0.25) is 0 Å². The fourth-order valence-corrected chi connectivity index (χ4v) is 4.19. The molecule has 2 nitrogen and oxygen atoms in total. The third kappa shape index (κ3) is 2.89. The Balaban J connectivity index is 1.85. The van der Waals surface area contributed by atoms with E-state index in [0.29, 0.717) is 6.04 Å². The van der Waals surface area contributed by atoms with Crippen LogP contribution in [0.3, 0.4) is 0 Å². The molecule has 2 fully saturated rings. The van der Waals surface area contributed by atoms with E-state index in [1.165, 1.54) is 31.2 Å². The molecule has 0 aliphatic heterocycles. The van der Waals surface area contributed by atoms with Gasteiger partial charge in [0.2, 0.25) is 0 Å². The van der Waals surface area contributed by atoms with Gasteiger partial charge in [-0.2, -0.15) is 0 Å². The maximum atomic E-state index is 5.60. The summed E-state index contributed by atoms with van der Waals surface area (Å²) >= 11 is 3.61. The molecule has 1 aromatic rings. The molecule has 0 heterocycles. The summed E-state index contributed by atoms with van der Waals surface area (Å²) in [5, 5.41) is 3.77. The summed E-state index contributed by atoms with van der Waals surface area (Å²) in [5.74, 6) is 3.82. The average Bonchev–Trinajstić information content (AvgIpc) is 3.06. The van der Waals surface area contributed by atoms with Crippen molar-refractivity contribution >= 4 is 15.9 Å². The monoisotopic (exact) mass is 337 g/mol. The van der Waals surface area contributed by atoms with Crippen LogP contribution in [0.25, 0.3) is 0 Å². The third-order valence-corrected chi connectivity index (χ3v) is 5.39. The van der Waals surface area contributed by atoms with Gasteiger partial charge in [-0.25, -0.2) is 0 Å². The van der Waals surface area contributed by atoms with E-state index < -0.39 is 0 Å². The number of fused-ring (bicyclic) bond motifs is 1. The number of hydrogen-bond donors (Lipinski definition) is 1. The molecule has 2 aliphatic carbocycles. The third-order valence-electron chi connectivity index (χ3n) is 4.89. The predicted molar refractivity (Wildman–Crippen MR) is 86.0 cm³/mol. The lowest BCUT2D eigenvalue weighted by Crippen LogP contribution is -2.29. The minimum Gasteiger partial charge on any atom is -0.496 e. The lowest BCUT2D eigenvalue weighted by atomic mass is 9.88. The van der Waals surface area contributed by atoms with Crippen molar-refractivity contribution in [2.75, 3.05) is 13.7 Å². The smallest absolute Gasteiger partial charge is 0.123 e. The van der Waals surface area contributed by atoms with Gasteiger partial charge >= 0.3 is 0 Å². The van der Waals surface area contributed by atoms with Gasteiger partial charge in [0.1, 0.15) is 5.75 Å². The highest BCUT2D eigenvalue weighted by Crippen LogP contribution is 2.57. The van der Waals surface area contributed by atoms with Crippen molar-refractivity contribution in [3.05, 3.63) is 28.2 Å². The second-order valence-electron chi connectivity index (χ2n) is 6.31. The second kappa shape index (κ2) is 6.07. The molecule has 110 valence electrons. The highest BCUT2D eigenvalue weighted by molar-refractivity contribution is 9.10. The summed E-state index contributed by atoms with van der Waals surface area (Å²) in [6.45, 7) is 3.31. The molecule has 0 aromatic heterocycles. The van der Waals surface area contributed by atoms with Gasteiger partial charge in [-0.15, -0.1) is 0 Å². The minimum atomic E-state index is 0.440. The molecule has 2 saturated carbocycles. The first-order valence-electron chi connectivity index (χ1n) is 7.79. The number of nitrogens with one attached hydrogen (secondary N) is 1. The minimum absolute atomic E-state index is 0.440. The highest BCUT2D eigenvalue weighted by Gasteiger charge is 2.48. The molecular formula is C17H24BrNO. The maximum absolute atomic E-state index is 5.60. The fraction of sp³-hybridized carbons (Fsp3) is 0.647. The van der Waals surface area contributed by atoms with E-state index >= 15 is 0 Å². The van der Waals surface area contributed by atoms with Crippen LogP contribution in [0.4, 0.5) is 0 Å². The number of ether oxygens (including phenoxy) is 1. The Bertz CT molecular complexity index is 466. The molecule has 3 rings (SSSR count). The molecule has 3 unspecified atom stereocenters. The molecule has 0 amide bonds. The fourth-order valence-electron chi connectivity index (χ4n) is 3.81. The summed E-state index contributed by atoms with van der Waals surface area (Å²) in [5.41, 5.74) is 1.32. The van der Waals surface area contributed by atoms with Crippen molar-refractivity contribution in [1.82, 2.24) is 5.32 Å². The Hall–Kier alpha value is -0.540. The van der Waals surface area contributed by atoms with Gasteiger partial charge in [-0.1, -0.05) is 22.9 Å². The summed E-state index contributed by atoms with van der Waals surface area (Å²) < 4.78 is 6.74. The zero-order chi connectivity index (χ0) is 14.1. The molecule has 1 aromatic carbocycles. The van der Waals surface area contributed by atoms with Gasteiger partial charge < -0.3 is 10.1 Å². The number of hydrogen-bond acceptors (Lipinski definition) is 2. The molecule has 0 radical (unpaired) electrons. The van der Waals surface area contributed by atoms with Crippen molar-refractivity contribution < 1.29 is 4.74 Å². The van der Waals surface area contributed by atoms with Gasteiger partial charge in [0.05, 0.1) is 7.11 Å². The second-order valence-corrected chi connectivity index (χ2v) is 7.22. The Morgan fingerprint density at radius 2 is 2.05 bits per heavy atom. The van der Waals surface area contributed by atoms with Crippen LogP contribution in [0.2, 0.25) is 0 Å². The molecule has 3 heteroatoms. The van der Waals surface area contributed by atoms with E-state index in [1.54, 1.807) is 7.11 Å². The van der Waals surface area contributed by atoms with Crippen LogP contribution in [-0.4, -0.2) is 13.7 Å². The van der Waals surface area contributed by atoms with E-state index in [4.69, 9.17) is 4.74 Å². The largest absolute Gasteiger partial charge is 0.496 e. The van der Waals surface area contributed by atoms with E-state index in [9.17, 15) is 0 Å². The number of methoxy groups -OCH3 is 1. The van der Waals surface area contributed by atoms with Gasteiger partial charge in [0.15, 0.2) is 0 Å². The standard InChI is InChI=1S/C17H24BrNO/c1-3-6-19-17(13-8-11-7-12(11)9-13)15-10-14(18)4-5-16(15)20-2/h4-5,10-13,17,19H,3,6-9H2,1-2H3. The van der Waals surface area contributed by atoms with Gasteiger partial charge in [0, 0.05) is 16.1 Å². The summed E-state index contributed by atoms with van der Waals surface area (Å²) in [6, 6.07) is 6.81. The summed E-state index contributed by atoms with van der Waals surface area (Å²) in [6.07, 6.45) is 5.43. The van der Waals surface area contributed by atoms with E-state index in [2.05, 4.69) is 46.4 Å². The van der Waals surface area contributed by atoms with Crippen LogP contribution in [0.15, 0.2) is 22.7 Å². The van der Waals surface area contributed by atoms with Crippen LogP contribution >= 0.6 is 15.9 Å². The zero-order valence-corrected chi connectivity index (χ0v) is 13.9. The first-order valence-corrected chi connectivity index (χ1v) is 8.59. The number of rotatable bonds is 6. The lowest BCUT2D eigenvalue weighted by Gasteiger charge is -2.28. The Morgan fingerprint density at radius 1 is 1.30 bits per heavy atom. The first-order chi connectivity index (χ1) is 9.72. The SMILES string of the molecule is CCCNC(c1cc(Br)ccc1OC)C1CC2CC2C1. The first kappa shape index (κ1) is 14.4. The molecule has 2 aliphatic rings. The van der Waals surface area contributed by atoms with E-state index in [-0.39, 0.29) is 0 Å².